The van der Waals surface area contributed by atoms with E-state index < -0.39 is 12.1 Å². The van der Waals surface area contributed by atoms with Crippen molar-refractivity contribution in [2.45, 2.75) is 18.9 Å². The van der Waals surface area contributed by atoms with E-state index in [4.69, 9.17) is 9.47 Å². The summed E-state index contributed by atoms with van der Waals surface area (Å²) in [5.74, 6) is 1.11. The lowest BCUT2D eigenvalue weighted by Gasteiger charge is -2.25. The lowest BCUT2D eigenvalue weighted by molar-refractivity contribution is -0.120. The highest BCUT2D eigenvalue weighted by molar-refractivity contribution is 6.02. The molecule has 0 aliphatic carbocycles. The Bertz CT molecular complexity index is 1170. The largest absolute Gasteiger partial charge is 0.486 e. The molecule has 0 spiro atoms. The van der Waals surface area contributed by atoms with Crippen LogP contribution in [-0.2, 0) is 17.6 Å². The fraction of sp³-hybridized carbons (Fsp3) is 0.231. The molecule has 7 heteroatoms. The SMILES string of the molecule is O=C(Nc1ccc2c(c1)OCCO2)N[C@@H](Cc1ccccc1)C(=O)N1CCc2ccccc21. The predicted molar refractivity (Wildman–Crippen MR) is 126 cm³/mol. The summed E-state index contributed by atoms with van der Waals surface area (Å²) in [6, 6.07) is 21.7. The van der Waals surface area contributed by atoms with Gasteiger partial charge in [0, 0.05) is 30.4 Å². The van der Waals surface area contributed by atoms with Gasteiger partial charge >= 0.3 is 6.03 Å². The van der Waals surface area contributed by atoms with E-state index in [2.05, 4.69) is 10.6 Å². The average molecular weight is 444 g/mol. The molecule has 3 aromatic rings. The fourth-order valence-corrected chi connectivity index (χ4v) is 4.25. The molecule has 0 fully saturated rings. The summed E-state index contributed by atoms with van der Waals surface area (Å²) in [5, 5.41) is 5.70. The van der Waals surface area contributed by atoms with Gasteiger partial charge in [-0.2, -0.15) is 0 Å². The summed E-state index contributed by atoms with van der Waals surface area (Å²) in [6.07, 6.45) is 1.20. The topological polar surface area (TPSA) is 79.9 Å². The van der Waals surface area contributed by atoms with Crippen molar-refractivity contribution in [1.29, 1.82) is 0 Å². The Morgan fingerprint density at radius 1 is 0.909 bits per heavy atom. The molecule has 2 aliphatic rings. The highest BCUT2D eigenvalue weighted by atomic mass is 16.6. The van der Waals surface area contributed by atoms with Gasteiger partial charge in [-0.25, -0.2) is 4.79 Å². The number of para-hydroxylation sites is 1. The number of carbonyl (C=O) groups is 2. The molecule has 0 saturated heterocycles. The molecule has 2 N–H and O–H groups in total. The highest BCUT2D eigenvalue weighted by Gasteiger charge is 2.31. The minimum Gasteiger partial charge on any atom is -0.486 e. The smallest absolute Gasteiger partial charge is 0.319 e. The Morgan fingerprint density at radius 3 is 2.52 bits per heavy atom. The second-order valence-electron chi connectivity index (χ2n) is 8.07. The van der Waals surface area contributed by atoms with Gasteiger partial charge in [0.25, 0.3) is 0 Å². The Labute approximate surface area is 192 Å². The third-order valence-corrected chi connectivity index (χ3v) is 5.84. The number of rotatable bonds is 5. The number of ether oxygens (including phenoxy) is 2. The molecule has 2 heterocycles. The average Bonchev–Trinajstić information content (AvgIpc) is 3.28. The van der Waals surface area contributed by atoms with Gasteiger partial charge in [-0.3, -0.25) is 4.79 Å². The molecular formula is C26H25N3O4. The summed E-state index contributed by atoms with van der Waals surface area (Å²) in [7, 11) is 0. The van der Waals surface area contributed by atoms with E-state index in [1.165, 1.54) is 0 Å². The molecule has 1 atom stereocenters. The Balaban J connectivity index is 1.33. The number of fused-ring (bicyclic) bond motifs is 2. The van der Waals surface area contributed by atoms with Crippen molar-refractivity contribution in [3.05, 3.63) is 83.9 Å². The molecule has 0 bridgehead atoms. The minimum atomic E-state index is -0.712. The fourth-order valence-electron chi connectivity index (χ4n) is 4.25. The number of nitrogens with zero attached hydrogens (tertiary/aromatic N) is 1. The number of carbonyl (C=O) groups excluding carboxylic acids is 2. The Hall–Kier alpha value is -4.00. The van der Waals surface area contributed by atoms with E-state index in [1.807, 2.05) is 54.6 Å². The van der Waals surface area contributed by atoms with Crippen molar-refractivity contribution in [3.8, 4) is 11.5 Å². The van der Waals surface area contributed by atoms with Crippen LogP contribution < -0.4 is 25.0 Å². The van der Waals surface area contributed by atoms with Crippen LogP contribution in [0, 0.1) is 0 Å². The number of amides is 3. The quantitative estimate of drug-likeness (QED) is 0.629. The monoisotopic (exact) mass is 443 g/mol. The van der Waals surface area contributed by atoms with Gasteiger partial charge in [-0.05, 0) is 35.7 Å². The van der Waals surface area contributed by atoms with Gasteiger partial charge in [0.05, 0.1) is 0 Å². The second kappa shape index (κ2) is 9.24. The Morgan fingerprint density at radius 2 is 1.67 bits per heavy atom. The van der Waals surface area contributed by atoms with Gasteiger partial charge in [-0.1, -0.05) is 48.5 Å². The first-order chi connectivity index (χ1) is 16.2. The zero-order valence-corrected chi connectivity index (χ0v) is 18.1. The first kappa shape index (κ1) is 20.9. The van der Waals surface area contributed by atoms with Gasteiger partial charge in [0.2, 0.25) is 5.91 Å². The van der Waals surface area contributed by atoms with Crippen LogP contribution in [0.4, 0.5) is 16.2 Å². The van der Waals surface area contributed by atoms with Crippen molar-refractivity contribution in [2.24, 2.45) is 0 Å². The maximum absolute atomic E-state index is 13.5. The van der Waals surface area contributed by atoms with Crippen LogP contribution in [0.15, 0.2) is 72.8 Å². The summed E-state index contributed by atoms with van der Waals surface area (Å²) in [5.41, 5.74) is 3.59. The predicted octanol–water partition coefficient (Wildman–Crippen LogP) is 3.78. The third kappa shape index (κ3) is 4.62. The molecular weight excluding hydrogens is 418 g/mol. The molecule has 3 aromatic carbocycles. The first-order valence-electron chi connectivity index (χ1n) is 11.1. The summed E-state index contributed by atoms with van der Waals surface area (Å²) >= 11 is 0. The Kier molecular flexibility index (Phi) is 5.85. The number of benzene rings is 3. The zero-order valence-electron chi connectivity index (χ0n) is 18.1. The number of urea groups is 1. The van der Waals surface area contributed by atoms with Gasteiger partial charge in [0.1, 0.15) is 19.3 Å². The van der Waals surface area contributed by atoms with E-state index in [0.717, 1.165) is 23.2 Å². The summed E-state index contributed by atoms with van der Waals surface area (Å²) < 4.78 is 11.1. The lowest BCUT2D eigenvalue weighted by Crippen LogP contribution is -2.50. The second-order valence-corrected chi connectivity index (χ2v) is 8.07. The molecule has 168 valence electrons. The molecule has 0 saturated carbocycles. The van der Waals surface area contributed by atoms with Gasteiger partial charge in [0.15, 0.2) is 11.5 Å². The molecule has 5 rings (SSSR count). The summed E-state index contributed by atoms with van der Waals surface area (Å²) in [4.78, 5) is 28.2. The van der Waals surface area contributed by atoms with Crippen molar-refractivity contribution < 1.29 is 19.1 Å². The number of nitrogens with one attached hydrogen (secondary N) is 2. The van der Waals surface area contributed by atoms with Crippen molar-refractivity contribution in [3.63, 3.8) is 0 Å². The number of hydrogen-bond acceptors (Lipinski definition) is 4. The maximum Gasteiger partial charge on any atom is 0.319 e. The van der Waals surface area contributed by atoms with E-state index in [1.54, 1.807) is 23.1 Å². The van der Waals surface area contributed by atoms with Crippen LogP contribution in [0.2, 0.25) is 0 Å². The minimum absolute atomic E-state index is 0.124. The zero-order chi connectivity index (χ0) is 22.6. The molecule has 2 aliphatic heterocycles. The van der Waals surface area contributed by atoms with Crippen LogP contribution in [0.5, 0.6) is 11.5 Å². The van der Waals surface area contributed by atoms with Crippen LogP contribution in [0.25, 0.3) is 0 Å². The van der Waals surface area contributed by atoms with Crippen LogP contribution >= 0.6 is 0 Å². The molecule has 0 unspecified atom stereocenters. The van der Waals surface area contributed by atoms with Gasteiger partial charge < -0.3 is 25.0 Å². The van der Waals surface area contributed by atoms with E-state index in [-0.39, 0.29) is 5.91 Å². The van der Waals surface area contributed by atoms with E-state index in [0.29, 0.717) is 43.4 Å². The number of anilines is 2. The van der Waals surface area contributed by atoms with E-state index >= 15 is 0 Å². The van der Waals surface area contributed by atoms with Crippen molar-refractivity contribution in [2.75, 3.05) is 30.0 Å². The van der Waals surface area contributed by atoms with Crippen molar-refractivity contribution >= 4 is 23.3 Å². The van der Waals surface area contributed by atoms with Crippen LogP contribution in [0.1, 0.15) is 11.1 Å². The molecule has 3 amide bonds. The van der Waals surface area contributed by atoms with Crippen LogP contribution in [-0.4, -0.2) is 37.7 Å². The lowest BCUT2D eigenvalue weighted by atomic mass is 10.0. The van der Waals surface area contributed by atoms with Crippen LogP contribution in [0.3, 0.4) is 0 Å². The third-order valence-electron chi connectivity index (χ3n) is 5.84. The van der Waals surface area contributed by atoms with Crippen molar-refractivity contribution in [1.82, 2.24) is 5.32 Å². The number of hydrogen-bond donors (Lipinski definition) is 2. The molecule has 7 nitrogen and oxygen atoms in total. The van der Waals surface area contributed by atoms with E-state index in [9.17, 15) is 9.59 Å². The first-order valence-corrected chi connectivity index (χ1v) is 11.1. The molecule has 33 heavy (non-hydrogen) atoms. The highest BCUT2D eigenvalue weighted by Crippen LogP contribution is 2.32. The molecule has 0 aromatic heterocycles. The molecule has 0 radical (unpaired) electrons. The normalized spacial score (nSPS) is 14.8. The maximum atomic E-state index is 13.5. The standard InChI is InChI=1S/C26H25N3O4/c30-25(29-13-12-19-8-4-5-9-22(19)29)21(16-18-6-2-1-3-7-18)28-26(31)27-20-10-11-23-24(17-20)33-15-14-32-23/h1-11,17,21H,12-16H2,(H2,27,28,31)/t21-/m0/s1. The summed E-state index contributed by atoms with van der Waals surface area (Å²) in [6.45, 7) is 1.58. The van der Waals surface area contributed by atoms with Gasteiger partial charge in [-0.15, -0.1) is 0 Å².